The van der Waals surface area contributed by atoms with Crippen LogP contribution in [-0.2, 0) is 13.5 Å². The van der Waals surface area contributed by atoms with E-state index in [1.54, 1.807) is 0 Å². The van der Waals surface area contributed by atoms with E-state index in [1.807, 2.05) is 11.6 Å². The summed E-state index contributed by atoms with van der Waals surface area (Å²) in [5.41, 5.74) is 0.837. The van der Waals surface area contributed by atoms with Crippen molar-refractivity contribution < 1.29 is 5.11 Å². The standard InChI is InChI=1S/C11H17ClN2O/c1-14-10(12)9(6-7-15)13-11(14)8-4-2-3-5-8/h8,15H,2-7H2,1H3. The van der Waals surface area contributed by atoms with E-state index in [2.05, 4.69) is 4.98 Å². The molecule has 84 valence electrons. The molecule has 0 unspecified atom stereocenters. The molecule has 1 aromatic rings. The fourth-order valence-corrected chi connectivity index (χ4v) is 2.59. The molecular weight excluding hydrogens is 212 g/mol. The zero-order valence-electron chi connectivity index (χ0n) is 9.04. The molecule has 1 aromatic heterocycles. The molecule has 0 radical (unpaired) electrons. The Bertz CT molecular complexity index is 343. The highest BCUT2D eigenvalue weighted by Gasteiger charge is 2.23. The van der Waals surface area contributed by atoms with E-state index < -0.39 is 0 Å². The van der Waals surface area contributed by atoms with Crippen molar-refractivity contribution in [1.82, 2.24) is 9.55 Å². The van der Waals surface area contributed by atoms with Crippen molar-refractivity contribution in [3.05, 3.63) is 16.7 Å². The number of aliphatic hydroxyl groups excluding tert-OH is 1. The maximum atomic E-state index is 8.90. The maximum Gasteiger partial charge on any atom is 0.131 e. The molecule has 4 heteroatoms. The number of imidazole rings is 1. The van der Waals surface area contributed by atoms with Crippen molar-refractivity contribution in [2.24, 2.45) is 7.05 Å². The monoisotopic (exact) mass is 228 g/mol. The van der Waals surface area contributed by atoms with Crippen molar-refractivity contribution in [1.29, 1.82) is 0 Å². The zero-order valence-corrected chi connectivity index (χ0v) is 9.80. The Morgan fingerprint density at radius 1 is 1.47 bits per heavy atom. The SMILES string of the molecule is Cn1c(C2CCCC2)nc(CCO)c1Cl. The van der Waals surface area contributed by atoms with E-state index in [9.17, 15) is 0 Å². The first-order chi connectivity index (χ1) is 7.24. The minimum Gasteiger partial charge on any atom is -0.396 e. The van der Waals surface area contributed by atoms with Gasteiger partial charge in [-0.25, -0.2) is 4.98 Å². The lowest BCUT2D eigenvalue weighted by Gasteiger charge is -2.08. The predicted molar refractivity (Wildman–Crippen MR) is 60.2 cm³/mol. The first-order valence-electron chi connectivity index (χ1n) is 5.56. The molecule has 1 aliphatic carbocycles. The summed E-state index contributed by atoms with van der Waals surface area (Å²) in [6, 6.07) is 0. The number of aliphatic hydroxyl groups is 1. The van der Waals surface area contributed by atoms with E-state index in [0.717, 1.165) is 11.5 Å². The van der Waals surface area contributed by atoms with Crippen molar-refractivity contribution >= 4 is 11.6 Å². The van der Waals surface area contributed by atoms with Crippen LogP contribution in [0.5, 0.6) is 0 Å². The van der Waals surface area contributed by atoms with Gasteiger partial charge >= 0.3 is 0 Å². The Morgan fingerprint density at radius 3 is 2.73 bits per heavy atom. The molecule has 15 heavy (non-hydrogen) atoms. The molecule has 1 heterocycles. The highest BCUT2D eigenvalue weighted by molar-refractivity contribution is 6.30. The van der Waals surface area contributed by atoms with Crippen LogP contribution < -0.4 is 0 Å². The molecule has 0 spiro atoms. The van der Waals surface area contributed by atoms with Gasteiger partial charge in [0.15, 0.2) is 0 Å². The highest BCUT2D eigenvalue weighted by atomic mass is 35.5. The summed E-state index contributed by atoms with van der Waals surface area (Å²) in [4.78, 5) is 4.55. The lowest BCUT2D eigenvalue weighted by Crippen LogP contribution is -2.02. The molecule has 0 amide bonds. The van der Waals surface area contributed by atoms with Crippen molar-refractivity contribution in [2.75, 3.05) is 6.61 Å². The molecule has 3 nitrogen and oxygen atoms in total. The normalized spacial score (nSPS) is 17.5. The van der Waals surface area contributed by atoms with Gasteiger partial charge in [-0.15, -0.1) is 0 Å². The summed E-state index contributed by atoms with van der Waals surface area (Å²) < 4.78 is 1.97. The predicted octanol–water partition coefficient (Wildman–Crippen LogP) is 2.27. The van der Waals surface area contributed by atoms with Crippen LogP contribution in [-0.4, -0.2) is 21.3 Å². The Hall–Kier alpha value is -0.540. The number of nitrogens with zero attached hydrogens (tertiary/aromatic N) is 2. The van der Waals surface area contributed by atoms with Gasteiger partial charge in [-0.2, -0.15) is 0 Å². The number of rotatable bonds is 3. The van der Waals surface area contributed by atoms with Crippen LogP contribution in [0.3, 0.4) is 0 Å². The topological polar surface area (TPSA) is 38.0 Å². The van der Waals surface area contributed by atoms with Gasteiger partial charge in [0.25, 0.3) is 0 Å². The fraction of sp³-hybridized carbons (Fsp3) is 0.727. The number of aromatic nitrogens is 2. The van der Waals surface area contributed by atoms with Gasteiger partial charge in [-0.3, -0.25) is 0 Å². The summed E-state index contributed by atoms with van der Waals surface area (Å²) in [6.45, 7) is 0.112. The minimum atomic E-state index is 0.112. The second kappa shape index (κ2) is 4.54. The third-order valence-electron chi connectivity index (χ3n) is 3.19. The number of hydrogen-bond donors (Lipinski definition) is 1. The van der Waals surface area contributed by atoms with Crippen molar-refractivity contribution in [3.8, 4) is 0 Å². The van der Waals surface area contributed by atoms with Crippen molar-refractivity contribution in [2.45, 2.75) is 38.0 Å². The largest absolute Gasteiger partial charge is 0.396 e. The number of hydrogen-bond acceptors (Lipinski definition) is 2. The van der Waals surface area contributed by atoms with Gasteiger partial charge in [0.05, 0.1) is 5.69 Å². The van der Waals surface area contributed by atoms with Crippen LogP contribution in [0, 0.1) is 0 Å². The van der Waals surface area contributed by atoms with Crippen LogP contribution in [0.15, 0.2) is 0 Å². The van der Waals surface area contributed by atoms with Gasteiger partial charge < -0.3 is 9.67 Å². The van der Waals surface area contributed by atoms with Gasteiger partial charge in [0, 0.05) is 26.0 Å². The van der Waals surface area contributed by atoms with Gasteiger partial charge in [0.2, 0.25) is 0 Å². The summed E-state index contributed by atoms with van der Waals surface area (Å²) in [6.07, 6.45) is 5.59. The summed E-state index contributed by atoms with van der Waals surface area (Å²) in [5, 5.41) is 9.59. The van der Waals surface area contributed by atoms with E-state index in [4.69, 9.17) is 16.7 Å². The lowest BCUT2D eigenvalue weighted by atomic mass is 10.1. The second-order valence-corrected chi connectivity index (χ2v) is 4.58. The maximum absolute atomic E-state index is 8.90. The fourth-order valence-electron chi connectivity index (χ4n) is 2.37. The Balaban J connectivity index is 2.27. The average molecular weight is 229 g/mol. The van der Waals surface area contributed by atoms with Crippen molar-refractivity contribution in [3.63, 3.8) is 0 Å². The van der Waals surface area contributed by atoms with Crippen LogP contribution in [0.2, 0.25) is 5.15 Å². The lowest BCUT2D eigenvalue weighted by molar-refractivity contribution is 0.298. The third kappa shape index (κ3) is 2.04. The number of halogens is 1. The Labute approximate surface area is 95.1 Å². The van der Waals surface area contributed by atoms with E-state index in [-0.39, 0.29) is 6.61 Å². The van der Waals surface area contributed by atoms with Gasteiger partial charge in [-0.1, -0.05) is 24.4 Å². The van der Waals surface area contributed by atoms with E-state index in [1.165, 1.54) is 25.7 Å². The molecule has 1 saturated carbocycles. The summed E-state index contributed by atoms with van der Waals surface area (Å²) in [7, 11) is 1.96. The Kier molecular flexibility index (Phi) is 3.32. The van der Waals surface area contributed by atoms with Crippen LogP contribution >= 0.6 is 11.6 Å². The molecule has 1 fully saturated rings. The molecule has 1 N–H and O–H groups in total. The van der Waals surface area contributed by atoms with Crippen LogP contribution in [0.25, 0.3) is 0 Å². The molecule has 0 aromatic carbocycles. The van der Waals surface area contributed by atoms with E-state index >= 15 is 0 Å². The van der Waals surface area contributed by atoms with Crippen LogP contribution in [0.4, 0.5) is 0 Å². The van der Waals surface area contributed by atoms with Crippen LogP contribution in [0.1, 0.15) is 43.1 Å². The third-order valence-corrected chi connectivity index (χ3v) is 3.67. The zero-order chi connectivity index (χ0) is 10.8. The van der Waals surface area contributed by atoms with E-state index in [0.29, 0.717) is 17.5 Å². The molecule has 0 aliphatic heterocycles. The quantitative estimate of drug-likeness (QED) is 0.862. The molecule has 1 aliphatic rings. The van der Waals surface area contributed by atoms with Gasteiger partial charge in [-0.05, 0) is 12.8 Å². The average Bonchev–Trinajstić information content (AvgIpc) is 2.82. The Morgan fingerprint density at radius 2 is 2.13 bits per heavy atom. The molecule has 0 saturated heterocycles. The first kappa shape index (κ1) is 11.0. The smallest absolute Gasteiger partial charge is 0.131 e. The highest BCUT2D eigenvalue weighted by Crippen LogP contribution is 2.35. The first-order valence-corrected chi connectivity index (χ1v) is 5.93. The minimum absolute atomic E-state index is 0.112. The molecule has 2 rings (SSSR count). The molecular formula is C11H17ClN2O. The molecule has 0 bridgehead atoms. The summed E-state index contributed by atoms with van der Waals surface area (Å²) >= 11 is 6.16. The summed E-state index contributed by atoms with van der Waals surface area (Å²) in [5.74, 6) is 1.67. The molecule has 0 atom stereocenters. The van der Waals surface area contributed by atoms with Gasteiger partial charge in [0.1, 0.15) is 11.0 Å². The second-order valence-electron chi connectivity index (χ2n) is 4.22.